The van der Waals surface area contributed by atoms with E-state index in [-0.39, 0.29) is 17.7 Å². The number of ether oxygens (including phenoxy) is 2. The Kier molecular flexibility index (Phi) is 9.94. The molecule has 6 nitrogen and oxygen atoms in total. The molecule has 0 saturated carbocycles. The highest BCUT2D eigenvalue weighted by Gasteiger charge is 2.35. The Morgan fingerprint density at radius 2 is 1.53 bits per heavy atom. The summed E-state index contributed by atoms with van der Waals surface area (Å²) in [7, 11) is 1.63. The summed E-state index contributed by atoms with van der Waals surface area (Å²) < 4.78 is 13.8. The lowest BCUT2D eigenvalue weighted by Gasteiger charge is -2.43. The molecular formula is C42H35BrIN3O3S. The first kappa shape index (κ1) is 34.0. The van der Waals surface area contributed by atoms with Crippen LogP contribution in [0.15, 0.2) is 124 Å². The van der Waals surface area contributed by atoms with E-state index >= 15 is 0 Å². The zero-order chi connectivity index (χ0) is 34.9. The van der Waals surface area contributed by atoms with Gasteiger partial charge in [0, 0.05) is 35.1 Å². The van der Waals surface area contributed by atoms with Crippen LogP contribution in [-0.2, 0) is 11.4 Å². The maximum Gasteiger partial charge on any atom is 0.264 e. The van der Waals surface area contributed by atoms with Crippen LogP contribution in [0.25, 0.3) is 6.08 Å². The van der Waals surface area contributed by atoms with Crippen molar-refractivity contribution in [3.63, 3.8) is 0 Å². The van der Waals surface area contributed by atoms with E-state index in [1.807, 2.05) is 42.5 Å². The Morgan fingerprint density at radius 1 is 0.902 bits per heavy atom. The number of hydrogen-bond donors (Lipinski definition) is 1. The van der Waals surface area contributed by atoms with Gasteiger partial charge in [-0.05, 0) is 123 Å². The highest BCUT2D eigenvalue weighted by molar-refractivity contribution is 14.1. The zero-order valence-corrected chi connectivity index (χ0v) is 32.5. The van der Waals surface area contributed by atoms with E-state index in [4.69, 9.17) is 14.5 Å². The van der Waals surface area contributed by atoms with Gasteiger partial charge in [-0.25, -0.2) is 4.99 Å². The average Bonchev–Trinajstić information content (AvgIpc) is 3.49. The fourth-order valence-corrected chi connectivity index (χ4v) is 9.24. The second kappa shape index (κ2) is 14.9. The van der Waals surface area contributed by atoms with E-state index < -0.39 is 0 Å². The zero-order valence-electron chi connectivity index (χ0n) is 27.9. The van der Waals surface area contributed by atoms with Crippen LogP contribution in [0.1, 0.15) is 58.1 Å². The van der Waals surface area contributed by atoms with Crippen molar-refractivity contribution in [2.24, 2.45) is 4.99 Å². The quantitative estimate of drug-likeness (QED) is 0.124. The van der Waals surface area contributed by atoms with Gasteiger partial charge in [-0.1, -0.05) is 88.7 Å². The predicted octanol–water partition coefficient (Wildman–Crippen LogP) is 10.4. The third-order valence-corrected chi connectivity index (χ3v) is 12.0. The molecule has 0 unspecified atom stereocenters. The second-order valence-electron chi connectivity index (χ2n) is 12.9. The molecule has 0 spiro atoms. The van der Waals surface area contributed by atoms with Gasteiger partial charge in [0.05, 0.1) is 21.3 Å². The normalized spacial score (nSPS) is 19.6. The molecule has 5 aromatic rings. The molecule has 0 bridgehead atoms. The summed E-state index contributed by atoms with van der Waals surface area (Å²) in [5, 5.41) is 3.60. The van der Waals surface area contributed by atoms with Gasteiger partial charge in [0.15, 0.2) is 16.7 Å². The van der Waals surface area contributed by atoms with Crippen molar-refractivity contribution in [3.05, 3.63) is 156 Å². The molecule has 1 N–H and O–H groups in total. The molecule has 0 aliphatic carbocycles. The van der Waals surface area contributed by atoms with Crippen LogP contribution in [0, 0.1) is 3.57 Å². The van der Waals surface area contributed by atoms with Crippen LogP contribution >= 0.6 is 50.3 Å². The van der Waals surface area contributed by atoms with Crippen molar-refractivity contribution in [1.82, 2.24) is 5.32 Å². The highest BCUT2D eigenvalue weighted by Crippen LogP contribution is 2.50. The summed E-state index contributed by atoms with van der Waals surface area (Å²) in [5.41, 5.74) is 9.42. The molecule has 1 saturated heterocycles. The number of rotatable bonds is 8. The topological polar surface area (TPSA) is 63.2 Å². The number of hydrogen-bond acceptors (Lipinski definition) is 6. The van der Waals surface area contributed by atoms with Crippen molar-refractivity contribution in [2.75, 3.05) is 25.1 Å². The van der Waals surface area contributed by atoms with Gasteiger partial charge in [-0.2, -0.15) is 0 Å². The minimum Gasteiger partial charge on any atom is -0.493 e. The van der Waals surface area contributed by atoms with E-state index in [1.165, 1.54) is 39.7 Å². The molecule has 1 amide bonds. The largest absolute Gasteiger partial charge is 0.493 e. The number of amides is 1. The second-order valence-corrected chi connectivity index (χ2v) is 16.0. The van der Waals surface area contributed by atoms with Crippen molar-refractivity contribution in [2.45, 2.75) is 31.3 Å². The number of amidine groups is 1. The monoisotopic (exact) mass is 867 g/mol. The van der Waals surface area contributed by atoms with Crippen LogP contribution in [0.4, 0.5) is 11.4 Å². The summed E-state index contributed by atoms with van der Waals surface area (Å²) in [6, 6.07) is 38.1. The first-order valence-electron chi connectivity index (χ1n) is 17.0. The smallest absolute Gasteiger partial charge is 0.264 e. The molecule has 3 aliphatic rings. The summed E-state index contributed by atoms with van der Waals surface area (Å²) in [4.78, 5) is 21.5. The van der Waals surface area contributed by atoms with Crippen molar-refractivity contribution < 1.29 is 14.3 Å². The Morgan fingerprint density at radius 3 is 2.14 bits per heavy atom. The number of thioether (sulfide) groups is 1. The molecule has 0 aromatic heterocycles. The summed E-state index contributed by atoms with van der Waals surface area (Å²) in [6.07, 6.45) is 4.00. The number of aliphatic imine (C=N–C) groups is 1. The maximum atomic E-state index is 13.3. The van der Waals surface area contributed by atoms with Crippen LogP contribution in [-0.4, -0.2) is 31.3 Å². The lowest BCUT2D eigenvalue weighted by Crippen LogP contribution is -2.37. The molecule has 51 heavy (non-hydrogen) atoms. The maximum absolute atomic E-state index is 13.3. The average molecular weight is 869 g/mol. The van der Waals surface area contributed by atoms with E-state index in [9.17, 15) is 4.79 Å². The van der Waals surface area contributed by atoms with Gasteiger partial charge in [0.1, 0.15) is 6.61 Å². The molecule has 2 atom stereocenters. The minimum absolute atomic E-state index is 0.168. The van der Waals surface area contributed by atoms with Gasteiger partial charge in [-0.3, -0.25) is 4.79 Å². The third-order valence-electron chi connectivity index (χ3n) is 9.73. The summed E-state index contributed by atoms with van der Waals surface area (Å²) in [5.74, 6) is 1.68. The molecule has 0 radical (unpaired) electrons. The SMILES string of the molecule is COc1cc(/C=C2\SC(=Nc3cc4c5c(c3)[C@H](c3ccccc3)CCN5CC[C@H]4c3ccccc3)NC2=O)cc(I)c1OCc1ccc(Br)cc1. The van der Waals surface area contributed by atoms with Gasteiger partial charge in [-0.15, -0.1) is 0 Å². The number of anilines is 1. The van der Waals surface area contributed by atoms with Gasteiger partial charge in [0.2, 0.25) is 0 Å². The molecule has 1 fully saturated rings. The van der Waals surface area contributed by atoms with Gasteiger partial charge >= 0.3 is 0 Å². The number of nitrogens with zero attached hydrogens (tertiary/aromatic N) is 2. The van der Waals surface area contributed by atoms with Crippen molar-refractivity contribution in [1.29, 1.82) is 0 Å². The standard InChI is InChI=1S/C42H35BrIN3O3S/c1-49-37-21-27(20-36(44)40(37)50-25-26-12-14-30(43)15-13-26)22-38-41(48)46-42(51-38)45-31-23-34-32(28-8-4-2-5-9-28)16-18-47-19-17-33(35(24-31)39(34)47)29-10-6-3-7-11-29/h2-15,20-24,32-33H,16-19,25H2,1H3,(H,45,46,48)/b38-22-/t32-,33-/m0/s1. The van der Waals surface area contributed by atoms with E-state index in [2.05, 4.69) is 122 Å². The van der Waals surface area contributed by atoms with Crippen LogP contribution in [0.3, 0.4) is 0 Å². The number of carbonyl (C=O) groups excluding carboxylic acids is 1. The number of methoxy groups -OCH3 is 1. The van der Waals surface area contributed by atoms with Gasteiger partial charge < -0.3 is 19.7 Å². The molecular weight excluding hydrogens is 833 g/mol. The fraction of sp³-hybridized carbons (Fsp3) is 0.190. The van der Waals surface area contributed by atoms with Gasteiger partial charge in [0.25, 0.3) is 5.91 Å². The molecule has 9 heteroatoms. The third kappa shape index (κ3) is 7.21. The lowest BCUT2D eigenvalue weighted by molar-refractivity contribution is -0.115. The number of nitrogens with one attached hydrogen (secondary N) is 1. The summed E-state index contributed by atoms with van der Waals surface area (Å²) in [6.45, 7) is 2.49. The number of carbonyl (C=O) groups is 1. The minimum atomic E-state index is -0.168. The summed E-state index contributed by atoms with van der Waals surface area (Å²) >= 11 is 7.10. The molecule has 3 aliphatic heterocycles. The Labute approximate surface area is 324 Å². The number of benzene rings is 5. The predicted molar refractivity (Wildman–Crippen MR) is 219 cm³/mol. The first-order chi connectivity index (χ1) is 24.9. The Bertz CT molecular complexity index is 2090. The molecule has 3 heterocycles. The van der Waals surface area contributed by atoms with Crippen LogP contribution in [0.2, 0.25) is 0 Å². The first-order valence-corrected chi connectivity index (χ1v) is 19.7. The van der Waals surface area contributed by atoms with Crippen LogP contribution in [0.5, 0.6) is 11.5 Å². The molecule has 5 aromatic carbocycles. The molecule has 256 valence electrons. The fourth-order valence-electron chi connectivity index (χ4n) is 7.35. The van der Waals surface area contributed by atoms with E-state index in [0.29, 0.717) is 28.2 Å². The Balaban J connectivity index is 1.11. The van der Waals surface area contributed by atoms with E-state index in [0.717, 1.165) is 50.8 Å². The van der Waals surface area contributed by atoms with E-state index in [1.54, 1.807) is 7.11 Å². The van der Waals surface area contributed by atoms with Crippen molar-refractivity contribution in [3.8, 4) is 11.5 Å². The number of halogens is 2. The highest BCUT2D eigenvalue weighted by atomic mass is 127. The lowest BCUT2D eigenvalue weighted by atomic mass is 9.76. The van der Waals surface area contributed by atoms with Crippen molar-refractivity contribution >= 4 is 78.8 Å². The van der Waals surface area contributed by atoms with Crippen LogP contribution < -0.4 is 19.7 Å². The Hall–Kier alpha value is -4.06. The molecule has 8 rings (SSSR count).